The first-order chi connectivity index (χ1) is 6.93. The highest BCUT2D eigenvalue weighted by molar-refractivity contribution is 8.00. The molecular formula is C7H13N3O4S. The maximum Gasteiger partial charge on any atom is 0.317 e. The fraction of sp³-hybridized carbons (Fsp3) is 0.571. The van der Waals surface area contributed by atoms with E-state index >= 15 is 0 Å². The van der Waals surface area contributed by atoms with E-state index in [4.69, 9.17) is 21.4 Å². The van der Waals surface area contributed by atoms with Crippen molar-refractivity contribution in [3.63, 3.8) is 0 Å². The van der Waals surface area contributed by atoms with Gasteiger partial charge in [0.2, 0.25) is 0 Å². The first-order valence-electron chi connectivity index (χ1n) is 4.07. The van der Waals surface area contributed by atoms with Crippen LogP contribution in [0.2, 0.25) is 0 Å². The van der Waals surface area contributed by atoms with Gasteiger partial charge in [0.25, 0.3) is 0 Å². The van der Waals surface area contributed by atoms with Gasteiger partial charge in [0.15, 0.2) is 5.96 Å². The van der Waals surface area contributed by atoms with Crippen molar-refractivity contribution in [2.75, 3.05) is 12.3 Å². The predicted molar refractivity (Wildman–Crippen MR) is 56.1 cm³/mol. The van der Waals surface area contributed by atoms with Crippen LogP contribution in [0.25, 0.3) is 0 Å². The Bertz CT molecular complexity index is 259. The molecule has 0 aliphatic rings. The molecule has 0 saturated carbocycles. The summed E-state index contributed by atoms with van der Waals surface area (Å²) in [6, 6.07) is 0. The Morgan fingerprint density at radius 2 is 2.07 bits per heavy atom. The zero-order valence-electron chi connectivity index (χ0n) is 7.90. The molecule has 15 heavy (non-hydrogen) atoms. The zero-order valence-corrected chi connectivity index (χ0v) is 8.71. The Labute approximate surface area is 90.5 Å². The van der Waals surface area contributed by atoms with E-state index in [1.165, 1.54) is 0 Å². The number of thioether (sulfide) groups is 1. The monoisotopic (exact) mass is 235 g/mol. The van der Waals surface area contributed by atoms with Gasteiger partial charge in [-0.1, -0.05) is 0 Å². The molecule has 0 amide bonds. The van der Waals surface area contributed by atoms with Crippen LogP contribution in [0, 0.1) is 5.41 Å². The van der Waals surface area contributed by atoms with Crippen molar-refractivity contribution in [1.29, 1.82) is 5.41 Å². The van der Waals surface area contributed by atoms with E-state index in [0.717, 1.165) is 11.8 Å². The Morgan fingerprint density at radius 1 is 1.47 bits per heavy atom. The molecule has 0 spiro atoms. The predicted octanol–water partition coefficient (Wildman–Crippen LogP) is -0.869. The Balaban J connectivity index is 3.81. The second-order valence-electron chi connectivity index (χ2n) is 2.64. The van der Waals surface area contributed by atoms with Crippen LogP contribution in [0.15, 0.2) is 0 Å². The lowest BCUT2D eigenvalue weighted by molar-refractivity contribution is -0.142. The van der Waals surface area contributed by atoms with Crippen molar-refractivity contribution in [3.8, 4) is 0 Å². The fourth-order valence-electron chi connectivity index (χ4n) is 0.763. The maximum atomic E-state index is 10.6. The smallest absolute Gasteiger partial charge is 0.317 e. The molecular weight excluding hydrogens is 222 g/mol. The third-order valence-electron chi connectivity index (χ3n) is 1.37. The quantitative estimate of drug-likeness (QED) is 0.220. The molecule has 0 saturated heterocycles. The standard InChI is InChI=1S/C7H13N3O4S/c8-7(9)10-1-2-15-4(6(13)14)3-5(11)12/h4H,1-3H2,(H,11,12)(H,13,14)(H4,8,9,10)/t4-/m0/s1. The van der Waals surface area contributed by atoms with E-state index in [1.807, 2.05) is 0 Å². The van der Waals surface area contributed by atoms with Gasteiger partial charge >= 0.3 is 11.9 Å². The summed E-state index contributed by atoms with van der Waals surface area (Å²) in [5.74, 6) is -2.11. The van der Waals surface area contributed by atoms with E-state index in [-0.39, 0.29) is 5.96 Å². The first kappa shape index (κ1) is 13.6. The van der Waals surface area contributed by atoms with E-state index in [9.17, 15) is 9.59 Å². The normalized spacial score (nSPS) is 11.7. The lowest BCUT2D eigenvalue weighted by atomic mass is 10.3. The molecule has 86 valence electrons. The molecule has 0 unspecified atom stereocenters. The van der Waals surface area contributed by atoms with Gasteiger partial charge in [0.1, 0.15) is 5.25 Å². The van der Waals surface area contributed by atoms with Crippen LogP contribution in [0.3, 0.4) is 0 Å². The maximum absolute atomic E-state index is 10.6. The van der Waals surface area contributed by atoms with Gasteiger partial charge < -0.3 is 21.3 Å². The highest BCUT2D eigenvalue weighted by Crippen LogP contribution is 2.14. The third-order valence-corrected chi connectivity index (χ3v) is 2.58. The topological polar surface area (TPSA) is 136 Å². The second-order valence-corrected chi connectivity index (χ2v) is 3.95. The number of carboxylic acids is 2. The van der Waals surface area contributed by atoms with Crippen LogP contribution < -0.4 is 11.1 Å². The van der Waals surface area contributed by atoms with Gasteiger partial charge in [-0.15, -0.1) is 11.8 Å². The van der Waals surface area contributed by atoms with Gasteiger partial charge in [-0.05, 0) is 0 Å². The number of hydrogen-bond acceptors (Lipinski definition) is 4. The number of nitrogens with two attached hydrogens (primary N) is 1. The molecule has 0 radical (unpaired) electrons. The van der Waals surface area contributed by atoms with E-state index in [0.29, 0.717) is 12.3 Å². The van der Waals surface area contributed by atoms with Gasteiger partial charge in [0, 0.05) is 12.3 Å². The number of carboxylic acid groups (broad SMARTS) is 2. The molecule has 0 fully saturated rings. The molecule has 0 aromatic rings. The summed E-state index contributed by atoms with van der Waals surface area (Å²) in [6.07, 6.45) is -0.417. The fourth-order valence-corrected chi connectivity index (χ4v) is 1.67. The molecule has 0 bridgehead atoms. The van der Waals surface area contributed by atoms with Crippen molar-refractivity contribution in [2.24, 2.45) is 5.73 Å². The summed E-state index contributed by atoms with van der Waals surface area (Å²) in [4.78, 5) is 20.9. The molecule has 0 aromatic heterocycles. The van der Waals surface area contributed by atoms with E-state index in [1.54, 1.807) is 0 Å². The van der Waals surface area contributed by atoms with Crippen LogP contribution in [0.5, 0.6) is 0 Å². The molecule has 6 N–H and O–H groups in total. The number of rotatable bonds is 7. The lowest BCUT2D eigenvalue weighted by Gasteiger charge is -2.09. The van der Waals surface area contributed by atoms with E-state index < -0.39 is 23.6 Å². The van der Waals surface area contributed by atoms with Gasteiger partial charge in [-0.3, -0.25) is 15.0 Å². The second kappa shape index (κ2) is 6.93. The molecule has 0 rings (SSSR count). The van der Waals surface area contributed by atoms with Crippen molar-refractivity contribution < 1.29 is 19.8 Å². The average Bonchev–Trinajstić information content (AvgIpc) is 2.08. The molecule has 0 heterocycles. The van der Waals surface area contributed by atoms with Crippen molar-refractivity contribution in [2.45, 2.75) is 11.7 Å². The van der Waals surface area contributed by atoms with Crippen LogP contribution in [-0.4, -0.2) is 45.7 Å². The van der Waals surface area contributed by atoms with Gasteiger partial charge in [0.05, 0.1) is 6.42 Å². The number of hydrogen-bond donors (Lipinski definition) is 5. The Morgan fingerprint density at radius 3 is 2.47 bits per heavy atom. The van der Waals surface area contributed by atoms with Crippen molar-refractivity contribution >= 4 is 29.7 Å². The van der Waals surface area contributed by atoms with Crippen LogP contribution in [0.1, 0.15) is 6.42 Å². The molecule has 1 atom stereocenters. The summed E-state index contributed by atoms with van der Waals surface area (Å²) in [5, 5.41) is 25.4. The van der Waals surface area contributed by atoms with Crippen LogP contribution >= 0.6 is 11.8 Å². The summed E-state index contributed by atoms with van der Waals surface area (Å²) in [7, 11) is 0. The molecule has 0 aliphatic heterocycles. The van der Waals surface area contributed by atoms with Crippen LogP contribution in [-0.2, 0) is 9.59 Å². The number of guanidine groups is 1. The number of nitrogens with one attached hydrogen (secondary N) is 2. The average molecular weight is 235 g/mol. The minimum atomic E-state index is -1.15. The van der Waals surface area contributed by atoms with Gasteiger partial charge in [-0.25, -0.2) is 0 Å². The molecule has 0 aromatic carbocycles. The Hall–Kier alpha value is -1.44. The Kier molecular flexibility index (Phi) is 6.27. The van der Waals surface area contributed by atoms with E-state index in [2.05, 4.69) is 5.32 Å². The highest BCUT2D eigenvalue weighted by Gasteiger charge is 2.20. The summed E-state index contributed by atoms with van der Waals surface area (Å²) in [5.41, 5.74) is 5.00. The summed E-state index contributed by atoms with van der Waals surface area (Å²) in [6.45, 7) is 0.337. The third kappa shape index (κ3) is 7.62. The molecule has 0 aliphatic carbocycles. The number of aliphatic carboxylic acids is 2. The minimum absolute atomic E-state index is 0.194. The molecule has 8 heteroatoms. The minimum Gasteiger partial charge on any atom is -0.481 e. The number of carbonyl (C=O) groups is 2. The summed E-state index contributed by atoms with van der Waals surface area (Å²) >= 11 is 1.00. The SMILES string of the molecule is N=C(N)NCCS[C@@H](CC(=O)O)C(=O)O. The van der Waals surface area contributed by atoms with Crippen molar-refractivity contribution in [1.82, 2.24) is 5.32 Å². The van der Waals surface area contributed by atoms with Crippen LogP contribution in [0.4, 0.5) is 0 Å². The van der Waals surface area contributed by atoms with Gasteiger partial charge in [-0.2, -0.15) is 0 Å². The highest BCUT2D eigenvalue weighted by atomic mass is 32.2. The zero-order chi connectivity index (χ0) is 11.8. The first-order valence-corrected chi connectivity index (χ1v) is 5.12. The largest absolute Gasteiger partial charge is 0.481 e. The summed E-state index contributed by atoms with van der Waals surface area (Å²) < 4.78 is 0. The van der Waals surface area contributed by atoms with Crippen molar-refractivity contribution in [3.05, 3.63) is 0 Å². The molecule has 7 nitrogen and oxygen atoms in total. The lowest BCUT2D eigenvalue weighted by Crippen LogP contribution is -2.32.